The van der Waals surface area contributed by atoms with Crippen molar-refractivity contribution < 1.29 is 19.2 Å². The number of anilines is 1. The third-order valence-corrected chi connectivity index (χ3v) is 5.16. The first-order valence-electron chi connectivity index (χ1n) is 8.94. The van der Waals surface area contributed by atoms with E-state index in [4.69, 9.17) is 10.5 Å². The summed E-state index contributed by atoms with van der Waals surface area (Å²) < 4.78 is 4.78. The highest BCUT2D eigenvalue weighted by Crippen LogP contribution is 2.30. The molecule has 0 atom stereocenters. The molecular formula is C20H18N4O5. The monoisotopic (exact) mass is 394 g/mol. The summed E-state index contributed by atoms with van der Waals surface area (Å²) in [6.45, 7) is 0.803. The number of esters is 1. The first kappa shape index (κ1) is 18.5. The number of nitro groups is 1. The maximum Gasteiger partial charge on any atom is 0.337 e. The highest BCUT2D eigenvalue weighted by Gasteiger charge is 2.26. The number of rotatable bonds is 3. The quantitative estimate of drug-likeness (QED) is 0.304. The van der Waals surface area contributed by atoms with Gasteiger partial charge in [0.2, 0.25) is 0 Å². The van der Waals surface area contributed by atoms with Crippen LogP contribution in [0.4, 0.5) is 11.4 Å². The van der Waals surface area contributed by atoms with Gasteiger partial charge in [-0.3, -0.25) is 14.9 Å². The number of hydrogen-bond acceptors (Lipinski definition) is 6. The van der Waals surface area contributed by atoms with Crippen LogP contribution in [0.5, 0.6) is 0 Å². The number of nitrogens with one attached hydrogen (secondary N) is 1. The molecule has 3 aromatic rings. The Morgan fingerprint density at radius 1 is 1.21 bits per heavy atom. The molecule has 0 bridgehead atoms. The fourth-order valence-electron chi connectivity index (χ4n) is 3.65. The molecule has 1 aromatic heterocycles. The number of H-pyrrole nitrogens is 1. The summed E-state index contributed by atoms with van der Waals surface area (Å²) in [5.74, 6) is -0.739. The van der Waals surface area contributed by atoms with Gasteiger partial charge in [0.25, 0.3) is 11.6 Å². The summed E-state index contributed by atoms with van der Waals surface area (Å²) in [4.78, 5) is 40.3. The normalized spacial score (nSPS) is 13.2. The summed E-state index contributed by atoms with van der Waals surface area (Å²) in [6, 6.07) is 9.32. The number of methoxy groups -OCH3 is 1. The van der Waals surface area contributed by atoms with Gasteiger partial charge in [-0.1, -0.05) is 0 Å². The third-order valence-electron chi connectivity index (χ3n) is 5.16. The predicted octanol–water partition coefficient (Wildman–Crippen LogP) is 2.64. The standard InChI is InChI=1S/C20H18N4O5/c1-29-20(26)12-3-5-16-13(8-12)14-10-23(7-6-17(14)22-16)19(25)11-2-4-15(21)18(9-11)24(27)28/h2-5,8-9,22H,6-7,10,21H2,1H3. The minimum atomic E-state index is -0.603. The van der Waals surface area contributed by atoms with Gasteiger partial charge in [0, 0.05) is 53.3 Å². The number of carbonyl (C=O) groups excluding carboxylic acids is 2. The first-order valence-corrected chi connectivity index (χ1v) is 8.94. The number of nitrogen functional groups attached to an aromatic ring is 1. The molecule has 1 amide bonds. The number of nitrogens with zero attached hydrogens (tertiary/aromatic N) is 2. The molecule has 3 N–H and O–H groups in total. The molecule has 2 aromatic carbocycles. The van der Waals surface area contributed by atoms with Crippen LogP contribution in [0.25, 0.3) is 10.9 Å². The number of ether oxygens (including phenoxy) is 1. The zero-order valence-electron chi connectivity index (χ0n) is 15.6. The molecule has 0 unspecified atom stereocenters. The second kappa shape index (κ2) is 6.93. The largest absolute Gasteiger partial charge is 0.465 e. The molecular weight excluding hydrogens is 376 g/mol. The number of amides is 1. The summed E-state index contributed by atoms with van der Waals surface area (Å²) >= 11 is 0. The molecule has 0 radical (unpaired) electrons. The van der Waals surface area contributed by atoms with Crippen molar-refractivity contribution in [2.75, 3.05) is 19.4 Å². The molecule has 148 valence electrons. The lowest BCUT2D eigenvalue weighted by Crippen LogP contribution is -2.35. The minimum Gasteiger partial charge on any atom is -0.465 e. The van der Waals surface area contributed by atoms with Gasteiger partial charge in [-0.25, -0.2) is 4.79 Å². The molecule has 9 heteroatoms. The second-order valence-electron chi connectivity index (χ2n) is 6.84. The Morgan fingerprint density at radius 2 is 1.97 bits per heavy atom. The van der Waals surface area contributed by atoms with Gasteiger partial charge in [0.05, 0.1) is 17.6 Å². The highest BCUT2D eigenvalue weighted by atomic mass is 16.6. The zero-order chi connectivity index (χ0) is 20.7. The lowest BCUT2D eigenvalue weighted by atomic mass is 10.0. The molecule has 1 aliphatic rings. The number of hydrogen-bond donors (Lipinski definition) is 2. The zero-order valence-corrected chi connectivity index (χ0v) is 15.6. The van der Waals surface area contributed by atoms with Gasteiger partial charge in [-0.2, -0.15) is 0 Å². The van der Waals surface area contributed by atoms with Crippen LogP contribution in [0.3, 0.4) is 0 Å². The van der Waals surface area contributed by atoms with Crippen molar-refractivity contribution >= 4 is 34.2 Å². The van der Waals surface area contributed by atoms with E-state index in [1.807, 2.05) is 6.07 Å². The SMILES string of the molecule is COC(=O)c1ccc2[nH]c3c(c2c1)CN(C(=O)c1ccc(N)c([N+](=O)[O-])c1)CC3. The molecule has 2 heterocycles. The Bertz CT molecular complexity index is 1170. The van der Waals surface area contributed by atoms with Crippen LogP contribution >= 0.6 is 0 Å². The Hall–Kier alpha value is -3.88. The molecule has 1 aliphatic heterocycles. The third kappa shape index (κ3) is 3.16. The van der Waals surface area contributed by atoms with Crippen molar-refractivity contribution in [1.82, 2.24) is 9.88 Å². The van der Waals surface area contributed by atoms with Crippen molar-refractivity contribution in [2.24, 2.45) is 0 Å². The van der Waals surface area contributed by atoms with Gasteiger partial charge in [0.1, 0.15) is 5.69 Å². The second-order valence-corrected chi connectivity index (χ2v) is 6.84. The summed E-state index contributed by atoms with van der Waals surface area (Å²) in [7, 11) is 1.32. The average Bonchev–Trinajstić information content (AvgIpc) is 3.09. The topological polar surface area (TPSA) is 132 Å². The number of fused-ring (bicyclic) bond motifs is 3. The first-order chi connectivity index (χ1) is 13.9. The summed E-state index contributed by atoms with van der Waals surface area (Å²) in [5, 5.41) is 12.0. The Morgan fingerprint density at radius 3 is 2.69 bits per heavy atom. The van der Waals surface area contributed by atoms with Crippen LogP contribution in [0.2, 0.25) is 0 Å². The smallest absolute Gasteiger partial charge is 0.337 e. The fourth-order valence-corrected chi connectivity index (χ4v) is 3.65. The summed E-state index contributed by atoms with van der Waals surface area (Å²) in [6.07, 6.45) is 0.611. The molecule has 0 saturated carbocycles. The molecule has 0 spiro atoms. The Labute approximate surface area is 165 Å². The van der Waals surface area contributed by atoms with E-state index in [0.717, 1.165) is 22.2 Å². The number of aromatic nitrogens is 1. The predicted molar refractivity (Wildman–Crippen MR) is 106 cm³/mol. The van der Waals surface area contributed by atoms with E-state index in [1.54, 1.807) is 17.0 Å². The van der Waals surface area contributed by atoms with Gasteiger partial charge < -0.3 is 20.4 Å². The van der Waals surface area contributed by atoms with E-state index in [0.29, 0.717) is 25.1 Å². The lowest BCUT2D eigenvalue weighted by Gasteiger charge is -2.27. The maximum absolute atomic E-state index is 13.0. The van der Waals surface area contributed by atoms with Gasteiger partial charge in [-0.05, 0) is 30.3 Å². The number of aromatic amines is 1. The van der Waals surface area contributed by atoms with Crippen molar-refractivity contribution in [3.8, 4) is 0 Å². The van der Waals surface area contributed by atoms with Crippen LogP contribution in [-0.4, -0.2) is 40.3 Å². The molecule has 9 nitrogen and oxygen atoms in total. The fraction of sp³-hybridized carbons (Fsp3) is 0.200. The van der Waals surface area contributed by atoms with Gasteiger partial charge >= 0.3 is 5.97 Å². The minimum absolute atomic E-state index is 0.0134. The lowest BCUT2D eigenvalue weighted by molar-refractivity contribution is -0.383. The van der Waals surface area contributed by atoms with Gasteiger partial charge in [-0.15, -0.1) is 0 Å². The number of nitro benzene ring substituents is 1. The highest BCUT2D eigenvalue weighted by molar-refractivity contribution is 5.98. The maximum atomic E-state index is 13.0. The molecule has 4 rings (SSSR count). The van der Waals surface area contributed by atoms with Crippen LogP contribution < -0.4 is 5.73 Å². The number of nitrogens with two attached hydrogens (primary N) is 1. The van der Waals surface area contributed by atoms with Crippen LogP contribution in [0, 0.1) is 10.1 Å². The number of benzene rings is 2. The average molecular weight is 394 g/mol. The van der Waals surface area contributed by atoms with Crippen molar-refractivity contribution in [1.29, 1.82) is 0 Å². The molecule has 0 saturated heterocycles. The van der Waals surface area contributed by atoms with E-state index in [1.165, 1.54) is 25.3 Å². The summed E-state index contributed by atoms with van der Waals surface area (Å²) in [5.41, 5.74) is 8.80. The van der Waals surface area contributed by atoms with Gasteiger partial charge in [0.15, 0.2) is 0 Å². The van der Waals surface area contributed by atoms with E-state index in [2.05, 4.69) is 4.98 Å². The van der Waals surface area contributed by atoms with E-state index in [-0.39, 0.29) is 22.8 Å². The van der Waals surface area contributed by atoms with E-state index < -0.39 is 10.9 Å². The molecule has 0 fully saturated rings. The van der Waals surface area contributed by atoms with Crippen LogP contribution in [0.15, 0.2) is 36.4 Å². The Balaban J connectivity index is 1.67. The van der Waals surface area contributed by atoms with Crippen molar-refractivity contribution in [2.45, 2.75) is 13.0 Å². The van der Waals surface area contributed by atoms with Crippen molar-refractivity contribution in [3.63, 3.8) is 0 Å². The van der Waals surface area contributed by atoms with Crippen LogP contribution in [0.1, 0.15) is 32.0 Å². The molecule has 0 aliphatic carbocycles. The van der Waals surface area contributed by atoms with E-state index in [9.17, 15) is 19.7 Å². The van der Waals surface area contributed by atoms with Crippen molar-refractivity contribution in [3.05, 3.63) is 68.9 Å². The number of carbonyl (C=O) groups is 2. The van der Waals surface area contributed by atoms with E-state index >= 15 is 0 Å². The van der Waals surface area contributed by atoms with Crippen LogP contribution in [-0.2, 0) is 17.7 Å². The Kier molecular flexibility index (Phi) is 4.42. The molecule has 29 heavy (non-hydrogen) atoms.